The summed E-state index contributed by atoms with van der Waals surface area (Å²) in [6, 6.07) is 8.22. The number of carboxylic acid groups (broad SMARTS) is 1. The number of aryl methyl sites for hydroxylation is 1. The fraction of sp³-hybridized carbons (Fsp3) is 0.533. The maximum atomic E-state index is 10.7. The van der Waals surface area contributed by atoms with Gasteiger partial charge in [0, 0.05) is 0 Å². The van der Waals surface area contributed by atoms with Crippen molar-refractivity contribution in [1.82, 2.24) is 0 Å². The van der Waals surface area contributed by atoms with Crippen molar-refractivity contribution in [2.45, 2.75) is 47.0 Å². The van der Waals surface area contributed by atoms with Gasteiger partial charge >= 0.3 is 5.97 Å². The largest absolute Gasteiger partial charge is 0.481 e. The van der Waals surface area contributed by atoms with Crippen LogP contribution in [0.15, 0.2) is 24.3 Å². The first kappa shape index (κ1) is 15.7. The zero-order valence-corrected chi connectivity index (χ0v) is 11.4. The van der Waals surface area contributed by atoms with Crippen LogP contribution in [0.4, 0.5) is 0 Å². The van der Waals surface area contributed by atoms with Crippen molar-refractivity contribution in [1.29, 1.82) is 0 Å². The Kier molecular flexibility index (Phi) is 8.12. The fourth-order valence-corrected chi connectivity index (χ4v) is 1.64. The Morgan fingerprint density at radius 1 is 1.29 bits per heavy atom. The van der Waals surface area contributed by atoms with Crippen LogP contribution in [0, 0.1) is 5.92 Å². The number of rotatable bonds is 5. The van der Waals surface area contributed by atoms with Crippen LogP contribution in [-0.2, 0) is 17.6 Å². The fourth-order valence-electron chi connectivity index (χ4n) is 1.64. The molecule has 0 aliphatic heterocycles. The van der Waals surface area contributed by atoms with E-state index in [9.17, 15) is 4.79 Å². The summed E-state index contributed by atoms with van der Waals surface area (Å²) in [5, 5.41) is 8.82. The molecule has 0 aliphatic rings. The monoisotopic (exact) mass is 236 g/mol. The minimum absolute atomic E-state index is 0.304. The Morgan fingerprint density at radius 2 is 1.88 bits per heavy atom. The first-order valence-corrected chi connectivity index (χ1v) is 6.44. The molecule has 0 bridgehead atoms. The molecule has 0 aromatic heterocycles. The lowest BCUT2D eigenvalue weighted by atomic mass is 9.98. The minimum atomic E-state index is -0.726. The Hall–Kier alpha value is -1.31. The summed E-state index contributed by atoms with van der Waals surface area (Å²) >= 11 is 0. The van der Waals surface area contributed by atoms with E-state index in [0.29, 0.717) is 6.42 Å². The van der Waals surface area contributed by atoms with Crippen LogP contribution < -0.4 is 0 Å². The lowest BCUT2D eigenvalue weighted by Crippen LogP contribution is -2.12. The normalized spacial score (nSPS) is 11.3. The highest BCUT2D eigenvalue weighted by Crippen LogP contribution is 2.12. The van der Waals surface area contributed by atoms with Gasteiger partial charge in [-0.2, -0.15) is 0 Å². The molecule has 2 heteroatoms. The molecule has 1 aromatic carbocycles. The molecule has 0 heterocycles. The maximum absolute atomic E-state index is 10.7. The number of carbonyl (C=O) groups is 1. The van der Waals surface area contributed by atoms with Crippen LogP contribution in [0.25, 0.3) is 0 Å². The standard InChI is InChI=1S/C13H18O2.C2H6/c1-3-5-11-6-4-7-12(9-11)8-10(2)13(14)15;1-2/h4,6-7,9-10H,3,5,8H2,1-2H3,(H,14,15);1-2H3. The highest BCUT2D eigenvalue weighted by molar-refractivity contribution is 5.69. The van der Waals surface area contributed by atoms with E-state index in [2.05, 4.69) is 19.1 Å². The van der Waals surface area contributed by atoms with E-state index in [4.69, 9.17) is 5.11 Å². The topological polar surface area (TPSA) is 37.3 Å². The molecule has 0 saturated heterocycles. The molecule has 0 spiro atoms. The van der Waals surface area contributed by atoms with E-state index in [-0.39, 0.29) is 5.92 Å². The molecule has 0 saturated carbocycles. The second kappa shape index (κ2) is 8.80. The Balaban J connectivity index is 0.00000121. The van der Waals surface area contributed by atoms with Gasteiger partial charge in [0.15, 0.2) is 0 Å². The van der Waals surface area contributed by atoms with Crippen molar-refractivity contribution in [2.24, 2.45) is 5.92 Å². The summed E-state index contributed by atoms with van der Waals surface area (Å²) in [7, 11) is 0. The molecule has 0 fully saturated rings. The van der Waals surface area contributed by atoms with Crippen molar-refractivity contribution in [3.8, 4) is 0 Å². The molecule has 1 unspecified atom stereocenters. The summed E-state index contributed by atoms with van der Waals surface area (Å²) in [5.41, 5.74) is 2.42. The van der Waals surface area contributed by atoms with E-state index in [1.807, 2.05) is 26.0 Å². The van der Waals surface area contributed by atoms with Gasteiger partial charge < -0.3 is 5.11 Å². The molecule has 0 amide bonds. The van der Waals surface area contributed by atoms with Crippen molar-refractivity contribution in [3.63, 3.8) is 0 Å². The van der Waals surface area contributed by atoms with Crippen LogP contribution in [0.2, 0.25) is 0 Å². The summed E-state index contributed by atoms with van der Waals surface area (Å²) in [5.74, 6) is -1.03. The predicted molar refractivity (Wildman–Crippen MR) is 72.3 cm³/mol. The smallest absolute Gasteiger partial charge is 0.306 e. The number of hydrogen-bond donors (Lipinski definition) is 1. The molecule has 2 nitrogen and oxygen atoms in total. The minimum Gasteiger partial charge on any atom is -0.481 e. The number of aliphatic carboxylic acids is 1. The quantitative estimate of drug-likeness (QED) is 0.841. The lowest BCUT2D eigenvalue weighted by Gasteiger charge is -2.07. The Labute approximate surface area is 105 Å². The second-order valence-electron chi connectivity index (χ2n) is 4.01. The van der Waals surface area contributed by atoms with E-state index >= 15 is 0 Å². The van der Waals surface area contributed by atoms with Crippen molar-refractivity contribution in [2.75, 3.05) is 0 Å². The van der Waals surface area contributed by atoms with Gasteiger partial charge in [0.05, 0.1) is 5.92 Å². The zero-order chi connectivity index (χ0) is 13.3. The van der Waals surface area contributed by atoms with Gasteiger partial charge in [0.1, 0.15) is 0 Å². The van der Waals surface area contributed by atoms with Crippen LogP contribution in [0.5, 0.6) is 0 Å². The van der Waals surface area contributed by atoms with Gasteiger partial charge in [-0.3, -0.25) is 4.79 Å². The number of benzene rings is 1. The van der Waals surface area contributed by atoms with Crippen LogP contribution >= 0.6 is 0 Å². The highest BCUT2D eigenvalue weighted by atomic mass is 16.4. The Bertz CT molecular complexity index is 331. The molecule has 0 radical (unpaired) electrons. The second-order valence-corrected chi connectivity index (χ2v) is 4.01. The SMILES string of the molecule is CC.CCCc1cccc(CC(C)C(=O)O)c1. The Morgan fingerprint density at radius 3 is 2.41 bits per heavy atom. The summed E-state index contributed by atoms with van der Waals surface area (Å²) in [6.07, 6.45) is 2.81. The summed E-state index contributed by atoms with van der Waals surface area (Å²) < 4.78 is 0. The molecule has 1 rings (SSSR count). The van der Waals surface area contributed by atoms with Gasteiger partial charge in [0.2, 0.25) is 0 Å². The van der Waals surface area contributed by atoms with Crippen LogP contribution in [-0.4, -0.2) is 11.1 Å². The molecule has 17 heavy (non-hydrogen) atoms. The third kappa shape index (κ3) is 6.10. The summed E-state index contributed by atoms with van der Waals surface area (Å²) in [6.45, 7) is 7.89. The molecule has 96 valence electrons. The highest BCUT2D eigenvalue weighted by Gasteiger charge is 2.11. The average Bonchev–Trinajstić information content (AvgIpc) is 2.32. The molecule has 0 aliphatic carbocycles. The number of carboxylic acids is 1. The number of hydrogen-bond acceptors (Lipinski definition) is 1. The molecular weight excluding hydrogens is 212 g/mol. The summed E-state index contributed by atoms with van der Waals surface area (Å²) in [4.78, 5) is 10.7. The molecular formula is C15H24O2. The van der Waals surface area contributed by atoms with Gasteiger partial charge in [-0.1, -0.05) is 58.4 Å². The third-order valence-corrected chi connectivity index (χ3v) is 2.49. The first-order valence-electron chi connectivity index (χ1n) is 6.44. The van der Waals surface area contributed by atoms with Crippen LogP contribution in [0.3, 0.4) is 0 Å². The van der Waals surface area contributed by atoms with E-state index in [1.165, 1.54) is 5.56 Å². The van der Waals surface area contributed by atoms with Gasteiger partial charge in [-0.05, 0) is 24.0 Å². The predicted octanol–water partition coefficient (Wildman–Crippen LogP) is 3.93. The first-order chi connectivity index (χ1) is 8.13. The van der Waals surface area contributed by atoms with Crippen LogP contribution in [0.1, 0.15) is 45.2 Å². The lowest BCUT2D eigenvalue weighted by molar-refractivity contribution is -0.141. The van der Waals surface area contributed by atoms with E-state index < -0.39 is 5.97 Å². The molecule has 1 N–H and O–H groups in total. The van der Waals surface area contributed by atoms with Gasteiger partial charge in [0.25, 0.3) is 0 Å². The average molecular weight is 236 g/mol. The van der Waals surface area contributed by atoms with Crippen molar-refractivity contribution in [3.05, 3.63) is 35.4 Å². The van der Waals surface area contributed by atoms with Gasteiger partial charge in [-0.15, -0.1) is 0 Å². The maximum Gasteiger partial charge on any atom is 0.306 e. The molecule has 1 aromatic rings. The van der Waals surface area contributed by atoms with Gasteiger partial charge in [-0.25, -0.2) is 0 Å². The van der Waals surface area contributed by atoms with Crippen molar-refractivity contribution >= 4 is 5.97 Å². The van der Waals surface area contributed by atoms with E-state index in [1.54, 1.807) is 6.92 Å². The zero-order valence-electron chi connectivity index (χ0n) is 11.4. The third-order valence-electron chi connectivity index (χ3n) is 2.49. The van der Waals surface area contributed by atoms with E-state index in [0.717, 1.165) is 18.4 Å². The van der Waals surface area contributed by atoms with Crippen molar-refractivity contribution < 1.29 is 9.90 Å². The molecule has 1 atom stereocenters.